The fourth-order valence-electron chi connectivity index (χ4n) is 2.57. The summed E-state index contributed by atoms with van der Waals surface area (Å²) in [5.74, 6) is 1.43. The first-order valence-corrected chi connectivity index (χ1v) is 8.10. The Bertz CT molecular complexity index is 498. The predicted octanol–water partition coefficient (Wildman–Crippen LogP) is 3.49. The predicted molar refractivity (Wildman–Crippen MR) is 81.6 cm³/mol. The Balaban J connectivity index is 1.86. The van der Waals surface area contributed by atoms with Crippen molar-refractivity contribution in [3.8, 4) is 6.07 Å². The summed E-state index contributed by atoms with van der Waals surface area (Å²) in [6.07, 6.45) is 3.12. The van der Waals surface area contributed by atoms with E-state index in [1.54, 1.807) is 11.8 Å². The quantitative estimate of drug-likeness (QED) is 0.669. The normalized spacial score (nSPS) is 21.4. The molecule has 2 atom stereocenters. The van der Waals surface area contributed by atoms with Gasteiger partial charge < -0.3 is 5.32 Å². The SMILES string of the molecule is N#CCNC(=O)[C@@H]1CCC[C@H]1CSc1ccc(Cl)cc1. The first kappa shape index (κ1) is 15.2. The highest BCUT2D eigenvalue weighted by Gasteiger charge is 2.32. The number of rotatable bonds is 5. The van der Waals surface area contributed by atoms with Crippen LogP contribution in [0.3, 0.4) is 0 Å². The number of nitrogens with zero attached hydrogens (tertiary/aromatic N) is 1. The Morgan fingerprint density at radius 3 is 2.85 bits per heavy atom. The minimum Gasteiger partial charge on any atom is -0.343 e. The van der Waals surface area contributed by atoms with Crippen LogP contribution >= 0.6 is 23.4 Å². The highest BCUT2D eigenvalue weighted by atomic mass is 35.5. The highest BCUT2D eigenvalue weighted by molar-refractivity contribution is 7.99. The van der Waals surface area contributed by atoms with Gasteiger partial charge in [0.15, 0.2) is 0 Å². The van der Waals surface area contributed by atoms with Gasteiger partial charge >= 0.3 is 0 Å². The smallest absolute Gasteiger partial charge is 0.224 e. The molecule has 1 fully saturated rings. The Labute approximate surface area is 128 Å². The van der Waals surface area contributed by atoms with Gasteiger partial charge in [0.05, 0.1) is 6.07 Å². The average Bonchev–Trinajstić information content (AvgIpc) is 2.92. The number of amides is 1. The second-order valence-corrected chi connectivity index (χ2v) is 6.47. The molecule has 3 nitrogen and oxygen atoms in total. The van der Waals surface area contributed by atoms with E-state index in [2.05, 4.69) is 5.32 Å². The molecule has 0 aliphatic heterocycles. The summed E-state index contributed by atoms with van der Waals surface area (Å²) in [5.41, 5.74) is 0. The minimum atomic E-state index is 0.0331. The summed E-state index contributed by atoms with van der Waals surface area (Å²) in [4.78, 5) is 13.2. The van der Waals surface area contributed by atoms with Gasteiger partial charge in [-0.2, -0.15) is 5.26 Å². The third-order valence-corrected chi connectivity index (χ3v) is 5.07. The molecule has 106 valence electrons. The fourth-order valence-corrected chi connectivity index (χ4v) is 3.83. The number of halogens is 1. The van der Waals surface area contributed by atoms with Gasteiger partial charge in [-0.1, -0.05) is 18.0 Å². The van der Waals surface area contributed by atoms with Crippen molar-refractivity contribution in [3.05, 3.63) is 29.3 Å². The van der Waals surface area contributed by atoms with E-state index >= 15 is 0 Å². The number of carbonyl (C=O) groups is 1. The topological polar surface area (TPSA) is 52.9 Å². The lowest BCUT2D eigenvalue weighted by molar-refractivity contribution is -0.125. The van der Waals surface area contributed by atoms with Gasteiger partial charge in [-0.3, -0.25) is 4.79 Å². The number of nitriles is 1. The van der Waals surface area contributed by atoms with Gasteiger partial charge in [-0.15, -0.1) is 11.8 Å². The Hall–Kier alpha value is -1.18. The summed E-state index contributed by atoms with van der Waals surface area (Å²) in [6.45, 7) is 0.104. The van der Waals surface area contributed by atoms with Crippen molar-refractivity contribution >= 4 is 29.3 Å². The Morgan fingerprint density at radius 2 is 2.15 bits per heavy atom. The third-order valence-electron chi connectivity index (χ3n) is 3.62. The molecule has 1 amide bonds. The number of benzene rings is 1. The molecule has 0 bridgehead atoms. The zero-order valence-electron chi connectivity index (χ0n) is 11.1. The number of carbonyl (C=O) groups excluding carboxylic acids is 1. The minimum absolute atomic E-state index is 0.0331. The molecule has 0 aromatic heterocycles. The fraction of sp³-hybridized carbons (Fsp3) is 0.467. The summed E-state index contributed by atoms with van der Waals surface area (Å²) in [5, 5.41) is 11.9. The number of hydrogen-bond acceptors (Lipinski definition) is 3. The lowest BCUT2D eigenvalue weighted by Gasteiger charge is -2.18. The van der Waals surface area contributed by atoms with Crippen LogP contribution in [0.4, 0.5) is 0 Å². The van der Waals surface area contributed by atoms with Crippen LogP contribution < -0.4 is 5.32 Å². The molecule has 0 saturated heterocycles. The van der Waals surface area contributed by atoms with Crippen LogP contribution in [0.25, 0.3) is 0 Å². The van der Waals surface area contributed by atoms with E-state index in [9.17, 15) is 4.79 Å². The van der Waals surface area contributed by atoms with Gasteiger partial charge in [0, 0.05) is 21.6 Å². The first-order valence-electron chi connectivity index (χ1n) is 6.73. The molecule has 2 rings (SSSR count). The number of nitrogens with one attached hydrogen (secondary N) is 1. The molecule has 1 aromatic rings. The molecule has 5 heteroatoms. The summed E-state index contributed by atoms with van der Waals surface area (Å²) in [7, 11) is 0. The summed E-state index contributed by atoms with van der Waals surface area (Å²) >= 11 is 7.63. The molecule has 0 heterocycles. The van der Waals surface area contributed by atoms with Gasteiger partial charge in [-0.25, -0.2) is 0 Å². The molecule has 1 N–H and O–H groups in total. The van der Waals surface area contributed by atoms with E-state index in [4.69, 9.17) is 16.9 Å². The molecule has 1 aromatic carbocycles. The van der Waals surface area contributed by atoms with Crippen LogP contribution in [-0.4, -0.2) is 18.2 Å². The van der Waals surface area contributed by atoms with Crippen LogP contribution in [0, 0.1) is 23.2 Å². The van der Waals surface area contributed by atoms with E-state index < -0.39 is 0 Å². The van der Waals surface area contributed by atoms with Gasteiger partial charge in [-0.05, 0) is 43.0 Å². The molecule has 0 spiro atoms. The molecule has 1 saturated carbocycles. The first-order chi connectivity index (χ1) is 9.70. The van der Waals surface area contributed by atoms with Crippen LogP contribution in [0.1, 0.15) is 19.3 Å². The summed E-state index contributed by atoms with van der Waals surface area (Å²) < 4.78 is 0. The lowest BCUT2D eigenvalue weighted by atomic mass is 9.97. The summed E-state index contributed by atoms with van der Waals surface area (Å²) in [6, 6.07) is 9.73. The van der Waals surface area contributed by atoms with Gasteiger partial charge in [0.2, 0.25) is 5.91 Å². The van der Waals surface area contributed by atoms with Gasteiger partial charge in [0.25, 0.3) is 0 Å². The van der Waals surface area contributed by atoms with E-state index in [1.807, 2.05) is 30.3 Å². The standard InChI is InChI=1S/C15H17ClN2OS/c16-12-4-6-13(7-5-12)20-10-11-2-1-3-14(11)15(19)18-9-8-17/h4-7,11,14H,1-3,9-10H2,(H,18,19)/t11-,14+/m0/s1. The number of thioether (sulfide) groups is 1. The second kappa shape index (κ2) is 7.56. The monoisotopic (exact) mass is 308 g/mol. The maximum absolute atomic E-state index is 12.0. The van der Waals surface area contributed by atoms with Crippen molar-refractivity contribution in [1.29, 1.82) is 5.26 Å². The van der Waals surface area contributed by atoms with Crippen LogP contribution in [0.2, 0.25) is 5.02 Å². The Morgan fingerprint density at radius 1 is 1.40 bits per heavy atom. The van der Waals surface area contributed by atoms with Crippen molar-refractivity contribution in [1.82, 2.24) is 5.32 Å². The largest absolute Gasteiger partial charge is 0.343 e. The average molecular weight is 309 g/mol. The van der Waals surface area contributed by atoms with Crippen molar-refractivity contribution < 1.29 is 4.79 Å². The highest BCUT2D eigenvalue weighted by Crippen LogP contribution is 2.36. The van der Waals surface area contributed by atoms with Crippen molar-refractivity contribution in [2.75, 3.05) is 12.3 Å². The lowest BCUT2D eigenvalue weighted by Crippen LogP contribution is -2.33. The van der Waals surface area contributed by atoms with E-state index in [-0.39, 0.29) is 18.4 Å². The van der Waals surface area contributed by atoms with Crippen LogP contribution in [-0.2, 0) is 4.79 Å². The van der Waals surface area contributed by atoms with Crippen molar-refractivity contribution in [3.63, 3.8) is 0 Å². The molecule has 0 radical (unpaired) electrons. The van der Waals surface area contributed by atoms with E-state index in [0.29, 0.717) is 5.92 Å². The second-order valence-electron chi connectivity index (χ2n) is 4.94. The molecule has 20 heavy (non-hydrogen) atoms. The number of hydrogen-bond donors (Lipinski definition) is 1. The molecule has 1 aliphatic carbocycles. The molecular weight excluding hydrogens is 292 g/mol. The zero-order valence-corrected chi connectivity index (χ0v) is 12.7. The zero-order chi connectivity index (χ0) is 14.4. The van der Waals surface area contributed by atoms with Crippen molar-refractivity contribution in [2.45, 2.75) is 24.2 Å². The van der Waals surface area contributed by atoms with Gasteiger partial charge in [0.1, 0.15) is 6.54 Å². The van der Waals surface area contributed by atoms with Crippen LogP contribution in [0.15, 0.2) is 29.2 Å². The molecular formula is C15H17ClN2OS. The van der Waals surface area contributed by atoms with Crippen molar-refractivity contribution in [2.24, 2.45) is 11.8 Å². The molecule has 1 aliphatic rings. The van der Waals surface area contributed by atoms with E-state index in [0.717, 1.165) is 30.0 Å². The third kappa shape index (κ3) is 4.16. The van der Waals surface area contributed by atoms with E-state index in [1.165, 1.54) is 4.90 Å². The maximum Gasteiger partial charge on any atom is 0.224 e. The van der Waals surface area contributed by atoms with Crippen LogP contribution in [0.5, 0.6) is 0 Å². The maximum atomic E-state index is 12.0. The molecule has 0 unspecified atom stereocenters. The Kier molecular flexibility index (Phi) is 5.75.